The molecule has 4 nitrogen and oxygen atoms in total. The van der Waals surface area contributed by atoms with Crippen molar-refractivity contribution in [2.24, 2.45) is 0 Å². The van der Waals surface area contributed by atoms with Crippen LogP contribution >= 0.6 is 0 Å². The van der Waals surface area contributed by atoms with Crippen LogP contribution in [-0.2, 0) is 4.79 Å². The molecule has 55 heavy (non-hydrogen) atoms. The monoisotopic (exact) mass is 770 g/mol. The minimum absolute atomic E-state index is 0.0308. The van der Waals surface area contributed by atoms with E-state index in [2.05, 4.69) is 67.8 Å². The van der Waals surface area contributed by atoms with Crippen molar-refractivity contribution in [3.05, 3.63) is 48.6 Å². The lowest BCUT2D eigenvalue weighted by Crippen LogP contribution is -2.45. The summed E-state index contributed by atoms with van der Waals surface area (Å²) in [7, 11) is 0. The SMILES string of the molecule is CC/C=C\C/C=C\C/C=C\C/C=C\CCCCCCCCCCCCCCCCCCC(=O)NC(CO)C(O)CCCCCCCCCCCCCCCC. The molecule has 0 saturated carbocycles. The number of aliphatic hydroxyl groups excluding tert-OH is 2. The van der Waals surface area contributed by atoms with Crippen LogP contribution in [0.3, 0.4) is 0 Å². The van der Waals surface area contributed by atoms with Crippen LogP contribution in [0.4, 0.5) is 0 Å². The number of amides is 1. The highest BCUT2D eigenvalue weighted by Crippen LogP contribution is 2.16. The van der Waals surface area contributed by atoms with Crippen molar-refractivity contribution in [1.82, 2.24) is 5.32 Å². The maximum absolute atomic E-state index is 12.4. The predicted molar refractivity (Wildman–Crippen MR) is 244 cm³/mol. The average molecular weight is 770 g/mol. The van der Waals surface area contributed by atoms with Gasteiger partial charge >= 0.3 is 0 Å². The first kappa shape index (κ1) is 53.4. The lowest BCUT2D eigenvalue weighted by molar-refractivity contribution is -0.123. The topological polar surface area (TPSA) is 69.6 Å². The van der Waals surface area contributed by atoms with Crippen molar-refractivity contribution in [2.45, 2.75) is 264 Å². The Balaban J connectivity index is 3.46. The van der Waals surface area contributed by atoms with Gasteiger partial charge in [-0.1, -0.05) is 242 Å². The molecule has 322 valence electrons. The second-order valence-electron chi connectivity index (χ2n) is 16.5. The van der Waals surface area contributed by atoms with E-state index in [0.29, 0.717) is 12.8 Å². The molecule has 0 aliphatic heterocycles. The van der Waals surface area contributed by atoms with Gasteiger partial charge in [0.15, 0.2) is 0 Å². The smallest absolute Gasteiger partial charge is 0.220 e. The average Bonchev–Trinajstić information content (AvgIpc) is 3.19. The molecule has 0 bridgehead atoms. The highest BCUT2D eigenvalue weighted by Gasteiger charge is 2.20. The van der Waals surface area contributed by atoms with Crippen LogP contribution in [-0.4, -0.2) is 34.9 Å². The summed E-state index contributed by atoms with van der Waals surface area (Å²) in [6, 6.07) is -0.535. The van der Waals surface area contributed by atoms with Crippen LogP contribution in [0.2, 0.25) is 0 Å². The van der Waals surface area contributed by atoms with Crippen molar-refractivity contribution in [3.63, 3.8) is 0 Å². The molecule has 0 radical (unpaired) electrons. The third kappa shape index (κ3) is 43.3. The van der Waals surface area contributed by atoms with Gasteiger partial charge in [-0.2, -0.15) is 0 Å². The Morgan fingerprint density at radius 3 is 1.20 bits per heavy atom. The molecule has 2 atom stereocenters. The van der Waals surface area contributed by atoms with Crippen LogP contribution in [0.15, 0.2) is 48.6 Å². The van der Waals surface area contributed by atoms with Gasteiger partial charge in [0.05, 0.1) is 18.8 Å². The number of nitrogens with one attached hydrogen (secondary N) is 1. The lowest BCUT2D eigenvalue weighted by Gasteiger charge is -2.22. The van der Waals surface area contributed by atoms with Gasteiger partial charge in [-0.05, 0) is 51.4 Å². The first-order valence-corrected chi connectivity index (χ1v) is 24.3. The normalized spacial score (nSPS) is 13.3. The van der Waals surface area contributed by atoms with E-state index in [1.54, 1.807) is 0 Å². The molecule has 0 heterocycles. The molecule has 0 spiro atoms. The molecule has 0 aromatic carbocycles. The molecule has 0 aromatic heterocycles. The van der Waals surface area contributed by atoms with Gasteiger partial charge in [-0.3, -0.25) is 4.79 Å². The van der Waals surface area contributed by atoms with Gasteiger partial charge in [0.2, 0.25) is 5.91 Å². The van der Waals surface area contributed by atoms with E-state index in [1.165, 1.54) is 173 Å². The third-order valence-corrected chi connectivity index (χ3v) is 11.1. The van der Waals surface area contributed by atoms with Gasteiger partial charge in [-0.25, -0.2) is 0 Å². The van der Waals surface area contributed by atoms with Crippen molar-refractivity contribution >= 4 is 5.91 Å². The number of carbonyl (C=O) groups is 1. The molecule has 1 amide bonds. The third-order valence-electron chi connectivity index (χ3n) is 11.1. The van der Waals surface area contributed by atoms with Crippen LogP contribution in [0, 0.1) is 0 Å². The summed E-state index contributed by atoms with van der Waals surface area (Å²) >= 11 is 0. The molecule has 3 N–H and O–H groups in total. The van der Waals surface area contributed by atoms with Crippen LogP contribution in [0.5, 0.6) is 0 Å². The van der Waals surface area contributed by atoms with Gasteiger partial charge in [0, 0.05) is 6.42 Å². The Morgan fingerprint density at radius 1 is 0.455 bits per heavy atom. The van der Waals surface area contributed by atoms with Crippen LogP contribution in [0.1, 0.15) is 251 Å². The first-order valence-electron chi connectivity index (χ1n) is 24.3. The lowest BCUT2D eigenvalue weighted by atomic mass is 10.0. The molecule has 0 rings (SSSR count). The van der Waals surface area contributed by atoms with Crippen LogP contribution in [0.25, 0.3) is 0 Å². The van der Waals surface area contributed by atoms with Crippen molar-refractivity contribution in [2.75, 3.05) is 6.61 Å². The molecule has 4 heteroatoms. The zero-order chi connectivity index (χ0) is 40.0. The van der Waals surface area contributed by atoms with E-state index in [4.69, 9.17) is 0 Å². The van der Waals surface area contributed by atoms with Crippen LogP contribution < -0.4 is 5.32 Å². The Morgan fingerprint density at radius 2 is 0.800 bits per heavy atom. The predicted octanol–water partition coefficient (Wildman–Crippen LogP) is 15.5. The Bertz CT molecular complexity index is 877. The minimum Gasteiger partial charge on any atom is -0.394 e. The van der Waals surface area contributed by atoms with E-state index in [9.17, 15) is 15.0 Å². The Kier molecular flexibility index (Phi) is 45.3. The van der Waals surface area contributed by atoms with Gasteiger partial charge in [-0.15, -0.1) is 0 Å². The molecule has 0 saturated heterocycles. The fourth-order valence-electron chi connectivity index (χ4n) is 7.41. The summed E-state index contributed by atoms with van der Waals surface area (Å²) in [5, 5.41) is 23.2. The van der Waals surface area contributed by atoms with E-state index in [0.717, 1.165) is 51.4 Å². The molecule has 0 aromatic rings. The fraction of sp³-hybridized carbons (Fsp3) is 0.824. The number of hydrogen-bond acceptors (Lipinski definition) is 3. The maximum Gasteiger partial charge on any atom is 0.220 e. The number of unbranched alkanes of at least 4 members (excludes halogenated alkanes) is 29. The van der Waals surface area contributed by atoms with Gasteiger partial charge < -0.3 is 15.5 Å². The van der Waals surface area contributed by atoms with E-state index >= 15 is 0 Å². The van der Waals surface area contributed by atoms with Crippen molar-refractivity contribution in [3.8, 4) is 0 Å². The fourth-order valence-corrected chi connectivity index (χ4v) is 7.41. The largest absolute Gasteiger partial charge is 0.394 e. The minimum atomic E-state index is -0.658. The molecule has 0 fully saturated rings. The summed E-state index contributed by atoms with van der Waals surface area (Å²) in [6.45, 7) is 4.25. The van der Waals surface area contributed by atoms with Crippen molar-refractivity contribution in [1.29, 1.82) is 0 Å². The highest BCUT2D eigenvalue weighted by molar-refractivity contribution is 5.76. The van der Waals surface area contributed by atoms with Gasteiger partial charge in [0.25, 0.3) is 0 Å². The van der Waals surface area contributed by atoms with E-state index in [1.807, 2.05) is 0 Å². The number of carbonyl (C=O) groups excluding carboxylic acids is 1. The summed E-state index contributed by atoms with van der Waals surface area (Å²) in [5.41, 5.74) is 0. The molecule has 2 unspecified atom stereocenters. The Labute approximate surface area is 344 Å². The zero-order valence-electron chi connectivity index (χ0n) is 36.9. The summed E-state index contributed by atoms with van der Waals surface area (Å²) < 4.78 is 0. The number of allylic oxidation sites excluding steroid dienone is 8. The standard InChI is InChI=1S/C51H95NO3/c1-3-5-7-9-11-13-15-17-19-20-21-22-23-24-25-26-27-28-29-30-31-32-33-35-37-39-41-43-45-47-51(55)52-49(48-53)50(54)46-44-42-40-38-36-34-18-16-14-12-10-8-6-4-2/h5,7,11,13,17,19,21-22,49-50,53-54H,3-4,6,8-10,12,14-16,18,20,23-48H2,1-2H3,(H,52,55)/b7-5-,13-11-,19-17-,22-21-. The number of aliphatic hydroxyl groups is 2. The van der Waals surface area contributed by atoms with Gasteiger partial charge in [0.1, 0.15) is 0 Å². The second kappa shape index (κ2) is 46.7. The maximum atomic E-state index is 12.4. The summed E-state index contributed by atoms with van der Waals surface area (Å²) in [5.74, 6) is -0.0308. The zero-order valence-corrected chi connectivity index (χ0v) is 36.9. The quantitative estimate of drug-likeness (QED) is 0.0427. The number of rotatable bonds is 44. The molecule has 0 aliphatic rings. The Hall–Kier alpha value is -1.65. The first-order chi connectivity index (χ1) is 27.2. The molecular formula is C51H95NO3. The van der Waals surface area contributed by atoms with E-state index < -0.39 is 12.1 Å². The van der Waals surface area contributed by atoms with Crippen molar-refractivity contribution < 1.29 is 15.0 Å². The summed E-state index contributed by atoms with van der Waals surface area (Å²) in [6.07, 6.45) is 63.5. The summed E-state index contributed by atoms with van der Waals surface area (Å²) in [4.78, 5) is 12.4. The molecule has 0 aliphatic carbocycles. The van der Waals surface area contributed by atoms with E-state index in [-0.39, 0.29) is 12.5 Å². The molecular weight excluding hydrogens is 675 g/mol. The highest BCUT2D eigenvalue weighted by atomic mass is 16.3. The number of hydrogen-bond donors (Lipinski definition) is 3. The second-order valence-corrected chi connectivity index (χ2v) is 16.5.